The second-order valence-electron chi connectivity index (χ2n) is 12.4. The van der Waals surface area contributed by atoms with Gasteiger partial charge in [-0.2, -0.15) is 0 Å². The van der Waals surface area contributed by atoms with Crippen molar-refractivity contribution in [2.45, 2.75) is 36.8 Å². The fourth-order valence-corrected chi connectivity index (χ4v) is 9.12. The first-order chi connectivity index (χ1) is 21.5. The number of fused-ring (bicyclic) bond motifs is 6. The Morgan fingerprint density at radius 2 is 1.51 bits per heavy atom. The summed E-state index contributed by atoms with van der Waals surface area (Å²) in [7, 11) is 0. The lowest BCUT2D eigenvalue weighted by atomic mass is 9.81. The zero-order valence-corrected chi connectivity index (χ0v) is 28.1. The summed E-state index contributed by atoms with van der Waals surface area (Å²) >= 11 is 7.48. The minimum atomic E-state index is -0.618. The lowest BCUT2D eigenvalue weighted by Gasteiger charge is -2.28. The SMILES string of the molecule is Cc1ccc2nc(-c3ccc(N4C(=O)C5C6CC(C(Br)C6Br)C5C4=O)cc3)cc(C(=O)OCC(=O)c3ccc(C)c(C)c3)c2c1. The molecular weight excluding hydrogens is 700 g/mol. The highest BCUT2D eigenvalue weighted by Gasteiger charge is 2.66. The molecule has 2 heterocycles. The molecule has 3 fully saturated rings. The van der Waals surface area contributed by atoms with E-state index in [1.165, 1.54) is 4.90 Å². The molecule has 3 aliphatic rings. The summed E-state index contributed by atoms with van der Waals surface area (Å²) in [6.45, 7) is 5.46. The fraction of sp³-hybridized carbons (Fsp3) is 0.306. The van der Waals surface area contributed by atoms with Crippen LogP contribution in [0, 0.1) is 44.4 Å². The summed E-state index contributed by atoms with van der Waals surface area (Å²) in [6.07, 6.45) is 0.878. The molecule has 4 aromatic rings. The lowest BCUT2D eigenvalue weighted by molar-refractivity contribution is -0.123. The number of amides is 2. The number of carbonyl (C=O) groups is 4. The maximum atomic E-state index is 13.5. The molecule has 45 heavy (non-hydrogen) atoms. The summed E-state index contributed by atoms with van der Waals surface area (Å²) < 4.78 is 5.53. The van der Waals surface area contributed by atoms with Gasteiger partial charge in [0.05, 0.1) is 34.3 Å². The largest absolute Gasteiger partial charge is 0.454 e. The van der Waals surface area contributed by atoms with Crippen molar-refractivity contribution in [3.8, 4) is 11.3 Å². The van der Waals surface area contributed by atoms with Gasteiger partial charge in [0.2, 0.25) is 11.8 Å². The molecule has 0 spiro atoms. The van der Waals surface area contributed by atoms with E-state index in [-0.39, 0.29) is 57.5 Å². The number of carbonyl (C=O) groups excluding carboxylic acids is 4. The number of alkyl halides is 2. The van der Waals surface area contributed by atoms with Crippen LogP contribution in [0.25, 0.3) is 22.2 Å². The summed E-state index contributed by atoms with van der Waals surface area (Å²) in [4.78, 5) is 59.8. The molecule has 1 saturated heterocycles. The maximum absolute atomic E-state index is 13.5. The molecule has 1 aromatic heterocycles. The summed E-state index contributed by atoms with van der Waals surface area (Å²) in [5.41, 5.74) is 6.20. The first-order valence-corrected chi connectivity index (χ1v) is 16.8. The topological polar surface area (TPSA) is 93.6 Å². The number of ether oxygens (including phenoxy) is 1. The van der Waals surface area contributed by atoms with Crippen molar-refractivity contribution in [1.29, 1.82) is 0 Å². The van der Waals surface area contributed by atoms with Crippen LogP contribution in [0.3, 0.4) is 0 Å². The highest BCUT2D eigenvalue weighted by molar-refractivity contribution is 9.12. The molecule has 0 radical (unpaired) electrons. The smallest absolute Gasteiger partial charge is 0.339 e. The summed E-state index contributed by atoms with van der Waals surface area (Å²) in [5, 5.41) is 0.628. The normalized spacial score (nSPS) is 25.2. The van der Waals surface area contributed by atoms with Crippen LogP contribution in [-0.2, 0) is 14.3 Å². The van der Waals surface area contributed by atoms with E-state index in [1.807, 2.05) is 45.0 Å². The molecule has 0 N–H and O–H groups in total. The van der Waals surface area contributed by atoms with Crippen molar-refractivity contribution in [3.05, 3.63) is 94.5 Å². The van der Waals surface area contributed by atoms with Crippen LogP contribution in [0.4, 0.5) is 5.69 Å². The van der Waals surface area contributed by atoms with E-state index in [0.29, 0.717) is 39.0 Å². The molecule has 7 nitrogen and oxygen atoms in total. The van der Waals surface area contributed by atoms with Gasteiger partial charge in [0.15, 0.2) is 12.4 Å². The van der Waals surface area contributed by atoms with E-state index in [4.69, 9.17) is 9.72 Å². The van der Waals surface area contributed by atoms with Gasteiger partial charge in [-0.25, -0.2) is 9.78 Å². The van der Waals surface area contributed by atoms with Gasteiger partial charge in [-0.05, 0) is 86.6 Å². The molecule has 9 heteroatoms. The predicted octanol–water partition coefficient (Wildman–Crippen LogP) is 7.15. The number of rotatable bonds is 6. The molecule has 6 atom stereocenters. The number of pyridine rings is 1. The number of anilines is 1. The second kappa shape index (κ2) is 11.3. The molecule has 2 saturated carbocycles. The highest BCUT2D eigenvalue weighted by atomic mass is 79.9. The zero-order valence-electron chi connectivity index (χ0n) is 24.9. The zero-order chi connectivity index (χ0) is 31.7. The van der Waals surface area contributed by atoms with Crippen LogP contribution in [-0.4, -0.2) is 44.8 Å². The van der Waals surface area contributed by atoms with Crippen molar-refractivity contribution in [3.63, 3.8) is 0 Å². The van der Waals surface area contributed by atoms with Gasteiger partial charge in [0.1, 0.15) is 0 Å². The third-order valence-corrected chi connectivity index (χ3v) is 13.0. The molecule has 3 aromatic carbocycles. The minimum absolute atomic E-state index is 0.131. The third kappa shape index (κ3) is 4.95. The molecule has 7 rings (SSSR count). The Bertz CT molecular complexity index is 1890. The van der Waals surface area contributed by atoms with E-state index in [9.17, 15) is 19.2 Å². The number of ketones is 1. The standard InChI is InChI=1S/C36H30Br2N2O5/c1-17-4-11-27-23(12-17)24(36(44)45-16-29(41)21-6-5-18(2)19(3)13-21)15-28(39-27)20-7-9-22(10-8-20)40-34(42)30-25-14-26(31(30)35(40)43)33(38)32(25)37/h4-13,15,25-26,30-33H,14,16H2,1-3H3. The van der Waals surface area contributed by atoms with Crippen LogP contribution >= 0.6 is 31.9 Å². The first-order valence-electron chi connectivity index (χ1n) is 15.0. The van der Waals surface area contributed by atoms with Gasteiger partial charge >= 0.3 is 5.97 Å². The quantitative estimate of drug-likeness (QED) is 0.0906. The van der Waals surface area contributed by atoms with Gasteiger partial charge in [-0.3, -0.25) is 19.3 Å². The van der Waals surface area contributed by atoms with Gasteiger partial charge in [-0.15, -0.1) is 0 Å². The predicted molar refractivity (Wildman–Crippen MR) is 179 cm³/mol. The molecule has 2 aliphatic carbocycles. The molecule has 6 unspecified atom stereocenters. The van der Waals surface area contributed by atoms with Crippen molar-refractivity contribution < 1.29 is 23.9 Å². The van der Waals surface area contributed by atoms with Crippen LogP contribution in [0.5, 0.6) is 0 Å². The summed E-state index contributed by atoms with van der Waals surface area (Å²) in [5.74, 6) is -1.45. The monoisotopic (exact) mass is 728 g/mol. The van der Waals surface area contributed by atoms with Gasteiger partial charge in [-0.1, -0.05) is 67.8 Å². The molecule has 2 amide bonds. The average Bonchev–Trinajstić information content (AvgIpc) is 3.65. The Morgan fingerprint density at radius 3 is 2.16 bits per heavy atom. The van der Waals surface area contributed by atoms with E-state index in [2.05, 4.69) is 31.9 Å². The number of imide groups is 1. The molecule has 1 aliphatic heterocycles. The Hall–Kier alpha value is -3.69. The Kier molecular flexibility index (Phi) is 7.52. The minimum Gasteiger partial charge on any atom is -0.454 e. The number of nitrogens with zero attached hydrogens (tertiary/aromatic N) is 2. The Balaban J connectivity index is 1.15. The number of hydrogen-bond donors (Lipinski definition) is 0. The number of esters is 1. The van der Waals surface area contributed by atoms with Crippen molar-refractivity contribution >= 4 is 72.0 Å². The highest BCUT2D eigenvalue weighted by Crippen LogP contribution is 2.60. The Labute approximate surface area is 277 Å². The van der Waals surface area contributed by atoms with Crippen molar-refractivity contribution in [2.24, 2.45) is 23.7 Å². The van der Waals surface area contributed by atoms with Gasteiger partial charge < -0.3 is 4.74 Å². The number of aryl methyl sites for hydroxylation is 3. The van der Waals surface area contributed by atoms with E-state index in [1.54, 1.807) is 42.5 Å². The fourth-order valence-electron chi connectivity index (χ4n) is 7.25. The third-order valence-electron chi connectivity index (χ3n) is 9.76. The number of aromatic nitrogens is 1. The van der Waals surface area contributed by atoms with Crippen molar-refractivity contribution in [2.75, 3.05) is 11.5 Å². The molecule has 2 bridgehead atoms. The van der Waals surface area contributed by atoms with E-state index >= 15 is 0 Å². The van der Waals surface area contributed by atoms with E-state index < -0.39 is 5.97 Å². The first kappa shape index (κ1) is 30.0. The number of benzene rings is 3. The number of halogens is 2. The Morgan fingerprint density at radius 1 is 0.844 bits per heavy atom. The van der Waals surface area contributed by atoms with Crippen LogP contribution in [0.2, 0.25) is 0 Å². The molecular formula is C36H30Br2N2O5. The van der Waals surface area contributed by atoms with Gasteiger partial charge in [0.25, 0.3) is 0 Å². The lowest BCUT2D eigenvalue weighted by Crippen LogP contribution is -2.37. The van der Waals surface area contributed by atoms with Crippen LogP contribution in [0.15, 0.2) is 66.7 Å². The molecule has 228 valence electrons. The number of hydrogen-bond acceptors (Lipinski definition) is 6. The van der Waals surface area contributed by atoms with Crippen molar-refractivity contribution in [1.82, 2.24) is 4.98 Å². The second-order valence-corrected chi connectivity index (χ2v) is 14.6. The average molecular weight is 730 g/mol. The van der Waals surface area contributed by atoms with Gasteiger partial charge in [0, 0.05) is 26.2 Å². The maximum Gasteiger partial charge on any atom is 0.339 e. The number of Topliss-reactive ketones (excluding diaryl/α,β-unsaturated/α-hetero) is 1. The van der Waals surface area contributed by atoms with Crippen LogP contribution < -0.4 is 4.90 Å². The summed E-state index contributed by atoms with van der Waals surface area (Å²) in [6, 6.07) is 19.9. The van der Waals surface area contributed by atoms with E-state index in [0.717, 1.165) is 23.1 Å². The van der Waals surface area contributed by atoms with Crippen LogP contribution in [0.1, 0.15) is 43.8 Å².